The number of hydrogen-bond acceptors (Lipinski definition) is 5. The van der Waals surface area contributed by atoms with Gasteiger partial charge in [0.1, 0.15) is 16.5 Å². The SMILES string of the molecule is Cc1ccc(S(=O)(=O)n2cc(S(=O)(=O)Nc3cc(F)c(Br)cc3F)c3c2CC(OC(F)F)(C(F)(F)F)CC3)cc1. The lowest BCUT2D eigenvalue weighted by Crippen LogP contribution is -2.53. The van der Waals surface area contributed by atoms with E-state index >= 15 is 0 Å². The van der Waals surface area contributed by atoms with E-state index in [1.54, 1.807) is 11.6 Å². The molecule has 0 fully saturated rings. The summed E-state index contributed by atoms with van der Waals surface area (Å²) in [6.07, 6.45) is -8.40. The van der Waals surface area contributed by atoms with Gasteiger partial charge in [0.05, 0.1) is 15.1 Å². The Morgan fingerprint density at radius 1 is 1.05 bits per heavy atom. The highest BCUT2D eigenvalue weighted by Gasteiger charge is 2.60. The Morgan fingerprint density at radius 3 is 2.25 bits per heavy atom. The summed E-state index contributed by atoms with van der Waals surface area (Å²) in [6.45, 7) is -2.26. The fraction of sp³-hybridized carbons (Fsp3) is 0.304. The van der Waals surface area contributed by atoms with E-state index in [-0.39, 0.29) is 8.45 Å². The number of aromatic nitrogens is 1. The van der Waals surface area contributed by atoms with Crippen LogP contribution in [0.25, 0.3) is 0 Å². The lowest BCUT2D eigenvalue weighted by atomic mass is 9.83. The molecule has 3 aromatic rings. The van der Waals surface area contributed by atoms with Crippen LogP contribution in [0.5, 0.6) is 0 Å². The topological polar surface area (TPSA) is 94.5 Å². The van der Waals surface area contributed by atoms with Crippen LogP contribution >= 0.6 is 15.9 Å². The quantitative estimate of drug-likeness (QED) is 0.248. The van der Waals surface area contributed by atoms with E-state index in [1.165, 1.54) is 12.1 Å². The third-order valence-corrected chi connectivity index (χ3v) is 10.1. The molecule has 40 heavy (non-hydrogen) atoms. The van der Waals surface area contributed by atoms with E-state index < -0.39 is 96.1 Å². The molecule has 1 heterocycles. The Bertz CT molecular complexity index is 1670. The smallest absolute Gasteiger partial charge is 0.306 e. The maximum atomic E-state index is 14.4. The maximum Gasteiger partial charge on any atom is 0.418 e. The van der Waals surface area contributed by atoms with E-state index in [4.69, 9.17) is 0 Å². The van der Waals surface area contributed by atoms with Crippen LogP contribution in [-0.2, 0) is 37.6 Å². The Morgan fingerprint density at radius 2 is 1.68 bits per heavy atom. The van der Waals surface area contributed by atoms with Gasteiger partial charge < -0.3 is 4.74 Å². The molecule has 17 heteroatoms. The number of benzene rings is 2. The maximum absolute atomic E-state index is 14.4. The van der Waals surface area contributed by atoms with Crippen LogP contribution in [0.2, 0.25) is 0 Å². The van der Waals surface area contributed by atoms with Crippen LogP contribution in [0.15, 0.2) is 56.9 Å². The van der Waals surface area contributed by atoms with Gasteiger partial charge in [-0.1, -0.05) is 17.7 Å². The number of anilines is 1. The monoisotopic (exact) mass is 678 g/mol. The van der Waals surface area contributed by atoms with Crippen molar-refractivity contribution in [3.63, 3.8) is 0 Å². The van der Waals surface area contributed by atoms with E-state index in [0.717, 1.165) is 12.1 Å². The fourth-order valence-electron chi connectivity index (χ4n) is 4.33. The Balaban J connectivity index is 1.93. The van der Waals surface area contributed by atoms with Gasteiger partial charge in [0.25, 0.3) is 20.0 Å². The van der Waals surface area contributed by atoms with Gasteiger partial charge in [-0.15, -0.1) is 0 Å². The van der Waals surface area contributed by atoms with Crippen molar-refractivity contribution >= 4 is 41.7 Å². The van der Waals surface area contributed by atoms with Gasteiger partial charge in [0, 0.05) is 24.4 Å². The molecule has 1 aliphatic rings. The number of fused-ring (bicyclic) bond motifs is 1. The van der Waals surface area contributed by atoms with Crippen LogP contribution in [-0.4, -0.2) is 39.2 Å². The number of alkyl halides is 5. The lowest BCUT2D eigenvalue weighted by molar-refractivity contribution is -0.330. The zero-order chi connectivity index (χ0) is 29.8. The van der Waals surface area contributed by atoms with Gasteiger partial charge in [-0.05, 0) is 59.5 Å². The van der Waals surface area contributed by atoms with Gasteiger partial charge in [-0.25, -0.2) is 29.6 Å². The molecular weight excluding hydrogens is 661 g/mol. The Kier molecular flexibility index (Phi) is 7.83. The molecule has 0 saturated carbocycles. The van der Waals surface area contributed by atoms with Crippen LogP contribution in [0.1, 0.15) is 23.2 Å². The van der Waals surface area contributed by atoms with Crippen molar-refractivity contribution in [2.75, 3.05) is 4.72 Å². The van der Waals surface area contributed by atoms with E-state index in [2.05, 4.69) is 20.7 Å². The van der Waals surface area contributed by atoms with Crippen molar-refractivity contribution in [1.29, 1.82) is 0 Å². The number of nitrogens with zero attached hydrogens (tertiary/aromatic N) is 1. The minimum Gasteiger partial charge on any atom is -0.306 e. The third kappa shape index (κ3) is 5.47. The van der Waals surface area contributed by atoms with E-state index in [1.807, 2.05) is 0 Å². The first kappa shape index (κ1) is 30.3. The van der Waals surface area contributed by atoms with Crippen LogP contribution in [0.3, 0.4) is 0 Å². The highest BCUT2D eigenvalue weighted by molar-refractivity contribution is 9.10. The molecule has 0 saturated heterocycles. The second-order valence-corrected chi connectivity index (χ2v) is 13.3. The molecule has 1 atom stereocenters. The number of hydrogen-bond donors (Lipinski definition) is 1. The molecule has 0 radical (unpaired) electrons. The minimum atomic E-state index is -5.40. The highest BCUT2D eigenvalue weighted by Crippen LogP contribution is 2.47. The second-order valence-electron chi connectivity index (χ2n) is 8.93. The van der Waals surface area contributed by atoms with Crippen LogP contribution in [0, 0.1) is 18.6 Å². The van der Waals surface area contributed by atoms with Crippen molar-refractivity contribution in [3.8, 4) is 0 Å². The highest BCUT2D eigenvalue weighted by atomic mass is 79.9. The number of sulfonamides is 1. The molecule has 0 spiro atoms. The summed E-state index contributed by atoms with van der Waals surface area (Å²) in [5.74, 6) is -2.28. The fourth-order valence-corrected chi connectivity index (χ4v) is 7.47. The number of nitrogens with one attached hydrogen (secondary N) is 1. The van der Waals surface area contributed by atoms with Crippen molar-refractivity contribution < 1.29 is 52.3 Å². The number of aryl methyl sites for hydroxylation is 1. The van der Waals surface area contributed by atoms with Crippen LogP contribution in [0.4, 0.5) is 36.4 Å². The van der Waals surface area contributed by atoms with E-state index in [0.29, 0.717) is 23.9 Å². The lowest BCUT2D eigenvalue weighted by Gasteiger charge is -2.38. The largest absolute Gasteiger partial charge is 0.418 e. The second kappa shape index (κ2) is 10.3. The standard InChI is InChI=1S/C23H18BrF7N2O5S2/c1-12-2-4-13(5-3-12)40(36,37)33-11-20(39(34,35)32-18-9-16(25)15(24)8-17(18)26)14-6-7-22(10-19(14)33,23(29,30)31)38-21(27)28/h2-5,8-9,11,21,32H,6-7,10H2,1H3. The first-order valence-electron chi connectivity index (χ1n) is 11.1. The molecule has 218 valence electrons. The zero-order valence-corrected chi connectivity index (χ0v) is 23.3. The molecule has 2 aromatic carbocycles. The summed E-state index contributed by atoms with van der Waals surface area (Å²) in [5, 5.41) is 0. The average Bonchev–Trinajstić information content (AvgIpc) is 3.22. The van der Waals surface area contributed by atoms with Gasteiger partial charge in [-0.2, -0.15) is 22.0 Å². The Hall–Kier alpha value is -2.63. The molecule has 0 bridgehead atoms. The first-order chi connectivity index (χ1) is 18.4. The Labute approximate surface area is 232 Å². The molecule has 0 aliphatic heterocycles. The zero-order valence-electron chi connectivity index (χ0n) is 20.1. The molecule has 1 unspecified atom stereocenters. The molecule has 7 nitrogen and oxygen atoms in total. The first-order valence-corrected chi connectivity index (χ1v) is 14.8. The van der Waals surface area contributed by atoms with Crippen molar-refractivity contribution in [2.45, 2.75) is 54.4 Å². The molecule has 1 aliphatic carbocycles. The summed E-state index contributed by atoms with van der Waals surface area (Å²) < 4.78 is 156. The van der Waals surface area contributed by atoms with Gasteiger partial charge in [0.15, 0.2) is 5.60 Å². The molecule has 0 amide bonds. The summed E-state index contributed by atoms with van der Waals surface area (Å²) >= 11 is 2.73. The number of rotatable bonds is 7. The number of halogens is 8. The summed E-state index contributed by atoms with van der Waals surface area (Å²) in [5.41, 5.74) is -4.99. The predicted octanol–water partition coefficient (Wildman–Crippen LogP) is 5.90. The van der Waals surface area contributed by atoms with Gasteiger partial charge in [0.2, 0.25) is 0 Å². The van der Waals surface area contributed by atoms with E-state index in [9.17, 15) is 47.6 Å². The van der Waals surface area contributed by atoms with Crippen molar-refractivity contribution in [3.05, 3.63) is 75.5 Å². The molecule has 1 N–H and O–H groups in total. The summed E-state index contributed by atoms with van der Waals surface area (Å²) in [4.78, 5) is -1.31. The summed E-state index contributed by atoms with van der Waals surface area (Å²) in [6, 6.07) is 6.13. The predicted molar refractivity (Wildman–Crippen MR) is 131 cm³/mol. The molecule has 4 rings (SSSR count). The third-order valence-electron chi connectivity index (χ3n) is 6.33. The van der Waals surface area contributed by atoms with Crippen molar-refractivity contribution in [1.82, 2.24) is 3.97 Å². The molecule has 1 aromatic heterocycles. The van der Waals surface area contributed by atoms with Gasteiger partial charge >= 0.3 is 12.8 Å². The number of ether oxygens (including phenoxy) is 1. The summed E-state index contributed by atoms with van der Waals surface area (Å²) in [7, 11) is -9.74. The molecular formula is C23H18BrF7N2O5S2. The van der Waals surface area contributed by atoms with Crippen molar-refractivity contribution in [2.24, 2.45) is 0 Å². The van der Waals surface area contributed by atoms with Gasteiger partial charge in [-0.3, -0.25) is 4.72 Å². The normalized spacial score (nSPS) is 18.1. The minimum absolute atomic E-state index is 0.258. The van der Waals surface area contributed by atoms with Crippen LogP contribution < -0.4 is 4.72 Å². The average molecular weight is 679 g/mol.